The third kappa shape index (κ3) is 9.68. The van der Waals surface area contributed by atoms with Gasteiger partial charge in [0.05, 0.1) is 30.1 Å². The molecule has 1 saturated heterocycles. The Morgan fingerprint density at radius 1 is 1.06 bits per heavy atom. The highest BCUT2D eigenvalue weighted by Crippen LogP contribution is 2.36. The smallest absolute Gasteiger partial charge is 0.352 e. The minimum atomic E-state index is -3.50. The van der Waals surface area contributed by atoms with Gasteiger partial charge in [-0.2, -0.15) is 4.98 Å². The number of carbonyl (C=O) groups excluding carboxylic acids is 1. The number of amides is 1. The number of methoxy groups -OCH3 is 1. The Labute approximate surface area is 286 Å². The largest absolute Gasteiger partial charge is 0.494 e. The minimum Gasteiger partial charge on any atom is -0.494 e. The van der Waals surface area contributed by atoms with E-state index in [1.54, 1.807) is 42.1 Å². The Morgan fingerprint density at radius 2 is 1.76 bits per heavy atom. The van der Waals surface area contributed by atoms with Gasteiger partial charge >= 0.3 is 5.97 Å². The number of para-hydroxylation sites is 1. The van der Waals surface area contributed by atoms with Gasteiger partial charge in [0.2, 0.25) is 15.9 Å². The molecule has 0 radical (unpaired) electrons. The van der Waals surface area contributed by atoms with Crippen LogP contribution in [-0.2, 0) is 28.9 Å². The second-order valence-corrected chi connectivity index (χ2v) is 14.7. The number of likely N-dealkylation sites (N-methyl/N-ethyl adjacent to an activating group) is 1. The maximum atomic E-state index is 11.5. The van der Waals surface area contributed by atoms with Gasteiger partial charge in [-0.25, -0.2) is 18.2 Å². The Balaban J connectivity index is 0.000000238. The zero-order valence-corrected chi connectivity index (χ0v) is 29.8. The first-order valence-corrected chi connectivity index (χ1v) is 17.6. The molecule has 3 heterocycles. The summed E-state index contributed by atoms with van der Waals surface area (Å²) in [6.07, 6.45) is 3.49. The zero-order chi connectivity index (χ0) is 36.1. The molecule has 0 atom stereocenters. The highest BCUT2D eigenvalue weighted by Gasteiger charge is 2.23. The number of fused-ring (bicyclic) bond motifs is 1. The predicted octanol–water partition coefficient (Wildman–Crippen LogP) is 3.71. The molecule has 1 aliphatic rings. The molecule has 5 rings (SSSR count). The van der Waals surface area contributed by atoms with Crippen LogP contribution in [0.3, 0.4) is 0 Å². The molecule has 2 aromatic carbocycles. The number of hydrogen-bond acceptors (Lipinski definition) is 10. The van der Waals surface area contributed by atoms with E-state index in [0.717, 1.165) is 67.7 Å². The van der Waals surface area contributed by atoms with Crippen molar-refractivity contribution in [3.05, 3.63) is 71.3 Å². The number of aromatic nitrogens is 3. The maximum Gasteiger partial charge on any atom is 0.352 e. The van der Waals surface area contributed by atoms with E-state index in [4.69, 9.17) is 15.2 Å². The fraction of sp³-hybridized carbons (Fsp3) is 0.412. The number of carboxylic acids is 1. The van der Waals surface area contributed by atoms with Crippen molar-refractivity contribution in [1.29, 1.82) is 0 Å². The van der Waals surface area contributed by atoms with Gasteiger partial charge in [0.15, 0.2) is 11.5 Å². The molecule has 14 nitrogen and oxygen atoms in total. The Bertz CT molecular complexity index is 1930. The Hall–Kier alpha value is -4.73. The van der Waals surface area contributed by atoms with Crippen LogP contribution in [0, 0.1) is 0 Å². The van der Waals surface area contributed by atoms with Crippen LogP contribution >= 0.6 is 0 Å². The summed E-state index contributed by atoms with van der Waals surface area (Å²) in [4.78, 5) is 36.7. The third-order valence-electron chi connectivity index (χ3n) is 8.10. The van der Waals surface area contributed by atoms with Crippen LogP contribution in [0.25, 0.3) is 10.9 Å². The highest BCUT2D eigenvalue weighted by molar-refractivity contribution is 7.92. The number of anilines is 1. The highest BCUT2D eigenvalue weighted by atomic mass is 32.2. The number of piperazine rings is 1. The van der Waals surface area contributed by atoms with Crippen molar-refractivity contribution >= 4 is 38.5 Å². The molecule has 0 aliphatic carbocycles. The molecule has 0 bridgehead atoms. The number of nitrogens with two attached hydrogens (primary N) is 1. The summed E-state index contributed by atoms with van der Waals surface area (Å²) < 4.78 is 38.0. The van der Waals surface area contributed by atoms with E-state index in [1.165, 1.54) is 7.11 Å². The monoisotopic (exact) mass is 695 g/mol. The molecule has 4 aromatic rings. The second-order valence-electron chi connectivity index (χ2n) is 13.0. The standard InChI is InChI=1S/C21H25N5O3.C13H20N2O4S/c1-24-10-12-26(13-11-24)9-7-18-22-8-6-19(23-18)29-17-5-3-4-15-14-16(21(27)28)25(2)20(15)17;1-13(2,3)8-6-9(12(14)16)11(19-4)10(7-8)15-20(5,17)18/h3-6,8,14H,7,9-13H2,1-2H3,(H,27,28);6-7,15H,1-5H3,(H2,14,16). The summed E-state index contributed by atoms with van der Waals surface area (Å²) in [7, 11) is 1.73. The van der Waals surface area contributed by atoms with Crippen molar-refractivity contribution in [3.63, 3.8) is 0 Å². The van der Waals surface area contributed by atoms with Gasteiger partial charge in [0, 0.05) is 63.8 Å². The van der Waals surface area contributed by atoms with E-state index in [2.05, 4.69) is 31.5 Å². The van der Waals surface area contributed by atoms with Gasteiger partial charge in [-0.1, -0.05) is 32.9 Å². The molecule has 4 N–H and O–H groups in total. The molecule has 2 aromatic heterocycles. The van der Waals surface area contributed by atoms with Crippen molar-refractivity contribution < 1.29 is 32.6 Å². The number of sulfonamides is 1. The SMILES string of the molecule is CN1CCN(CCc2nccc(Oc3cccc4cc(C(=O)O)n(C)c34)n2)CC1.COc1c(NS(C)(=O)=O)cc(C(C)(C)C)cc1C(N)=O. The van der Waals surface area contributed by atoms with Gasteiger partial charge in [-0.15, -0.1) is 0 Å². The number of primary amides is 1. The minimum absolute atomic E-state index is 0.121. The fourth-order valence-corrected chi connectivity index (χ4v) is 5.96. The Morgan fingerprint density at radius 3 is 2.35 bits per heavy atom. The second kappa shape index (κ2) is 15.2. The van der Waals surface area contributed by atoms with Crippen molar-refractivity contribution in [2.24, 2.45) is 12.8 Å². The van der Waals surface area contributed by atoms with Crippen LogP contribution in [0.2, 0.25) is 0 Å². The molecule has 0 unspecified atom stereocenters. The molecule has 0 saturated carbocycles. The number of hydrogen-bond donors (Lipinski definition) is 3. The maximum absolute atomic E-state index is 11.5. The molecule has 264 valence electrons. The molecule has 15 heteroatoms. The molecule has 0 spiro atoms. The van der Waals surface area contributed by atoms with Crippen LogP contribution in [0.5, 0.6) is 17.4 Å². The fourth-order valence-electron chi connectivity index (χ4n) is 5.41. The topological polar surface area (TPSA) is 182 Å². The number of carbonyl (C=O) groups is 2. The first-order chi connectivity index (χ1) is 23.0. The van der Waals surface area contributed by atoms with Crippen molar-refractivity contribution in [2.45, 2.75) is 32.6 Å². The summed E-state index contributed by atoms with van der Waals surface area (Å²) in [6.45, 7) is 11.1. The lowest BCUT2D eigenvalue weighted by Gasteiger charge is -2.32. The third-order valence-corrected chi connectivity index (χ3v) is 8.69. The van der Waals surface area contributed by atoms with E-state index in [9.17, 15) is 23.1 Å². The number of nitrogens with one attached hydrogen (secondary N) is 1. The predicted molar refractivity (Wildman–Crippen MR) is 188 cm³/mol. The molecule has 1 aliphatic heterocycles. The van der Waals surface area contributed by atoms with E-state index in [1.807, 2.05) is 39.0 Å². The van der Waals surface area contributed by atoms with Crippen LogP contribution in [0.4, 0.5) is 5.69 Å². The summed E-state index contributed by atoms with van der Waals surface area (Å²) in [5.41, 5.74) is 7.13. The number of carboxylic acid groups (broad SMARTS) is 1. The van der Waals surface area contributed by atoms with E-state index in [0.29, 0.717) is 11.6 Å². The first kappa shape index (κ1) is 37.1. The molecule has 1 amide bonds. The van der Waals surface area contributed by atoms with E-state index < -0.39 is 21.9 Å². The van der Waals surface area contributed by atoms with Crippen LogP contribution in [-0.4, -0.2) is 103 Å². The lowest BCUT2D eigenvalue weighted by molar-refractivity contribution is 0.0686. The zero-order valence-electron chi connectivity index (χ0n) is 29.0. The lowest BCUT2D eigenvalue weighted by atomic mass is 9.85. The number of nitrogens with zero attached hydrogens (tertiary/aromatic N) is 5. The molecule has 49 heavy (non-hydrogen) atoms. The number of benzene rings is 2. The van der Waals surface area contributed by atoms with E-state index in [-0.39, 0.29) is 28.1 Å². The van der Waals surface area contributed by atoms with Gasteiger partial charge < -0.3 is 34.7 Å². The summed E-state index contributed by atoms with van der Waals surface area (Å²) >= 11 is 0. The number of ether oxygens (including phenoxy) is 2. The normalized spacial score (nSPS) is 14.2. The van der Waals surface area contributed by atoms with Crippen molar-refractivity contribution in [1.82, 2.24) is 24.3 Å². The number of aromatic carboxylic acids is 1. The summed E-state index contributed by atoms with van der Waals surface area (Å²) in [6, 6.07) is 12.2. The van der Waals surface area contributed by atoms with Crippen molar-refractivity contribution in [2.75, 3.05) is 57.9 Å². The summed E-state index contributed by atoms with van der Waals surface area (Å²) in [5.74, 6) is 0.246. The molecular weight excluding hydrogens is 650 g/mol. The van der Waals surface area contributed by atoms with Gasteiger partial charge in [-0.3, -0.25) is 9.52 Å². The van der Waals surface area contributed by atoms with Gasteiger partial charge in [-0.05, 0) is 42.3 Å². The quantitative estimate of drug-likeness (QED) is 0.220. The molecule has 1 fully saturated rings. The van der Waals surface area contributed by atoms with Crippen LogP contribution < -0.4 is 19.9 Å². The van der Waals surface area contributed by atoms with E-state index >= 15 is 0 Å². The van der Waals surface area contributed by atoms with Gasteiger partial charge in [0.1, 0.15) is 11.5 Å². The average molecular weight is 696 g/mol. The lowest BCUT2D eigenvalue weighted by Crippen LogP contribution is -2.45. The van der Waals surface area contributed by atoms with Crippen LogP contribution in [0.15, 0.2) is 48.7 Å². The van der Waals surface area contributed by atoms with Crippen LogP contribution in [0.1, 0.15) is 53.0 Å². The molecular formula is C34H45N7O7S. The first-order valence-electron chi connectivity index (χ1n) is 15.7. The number of rotatable bonds is 10. The summed E-state index contributed by atoms with van der Waals surface area (Å²) in [5, 5.41) is 10.2. The Kier molecular flexibility index (Phi) is 11.5. The average Bonchev–Trinajstić information content (AvgIpc) is 3.37. The number of aryl methyl sites for hydroxylation is 1. The van der Waals surface area contributed by atoms with Gasteiger partial charge in [0.25, 0.3) is 5.91 Å². The van der Waals surface area contributed by atoms with Crippen molar-refractivity contribution in [3.8, 4) is 17.4 Å².